The summed E-state index contributed by atoms with van der Waals surface area (Å²) in [4.78, 5) is 8.14. The average Bonchev–Trinajstić information content (AvgIpc) is 2.34. The summed E-state index contributed by atoms with van der Waals surface area (Å²) in [7, 11) is 0. The van der Waals surface area contributed by atoms with Crippen molar-refractivity contribution in [3.05, 3.63) is 18.2 Å². The van der Waals surface area contributed by atoms with Crippen molar-refractivity contribution in [1.82, 2.24) is 9.97 Å². The van der Waals surface area contributed by atoms with E-state index in [0.717, 1.165) is 6.42 Å². The van der Waals surface area contributed by atoms with E-state index in [1.807, 2.05) is 13.8 Å². The molecule has 0 atom stereocenters. The molecule has 0 aliphatic heterocycles. The number of aromatic nitrogens is 2. The van der Waals surface area contributed by atoms with E-state index in [4.69, 9.17) is 9.84 Å². The van der Waals surface area contributed by atoms with Crippen molar-refractivity contribution in [2.45, 2.75) is 40.5 Å². The van der Waals surface area contributed by atoms with Crippen LogP contribution in [0, 0.1) is 5.92 Å². The first-order valence-electron chi connectivity index (χ1n) is 6.27. The largest absolute Gasteiger partial charge is 0.490 e. The number of nitrogens with zero attached hydrogens (tertiary/aromatic N) is 2. The molecule has 1 aromatic rings. The van der Waals surface area contributed by atoms with Crippen LogP contribution >= 0.6 is 0 Å². The van der Waals surface area contributed by atoms with Gasteiger partial charge in [-0.2, -0.15) is 0 Å². The Kier molecular flexibility index (Phi) is 9.34. The molecule has 1 rings (SSSR count). The predicted octanol–water partition coefficient (Wildman–Crippen LogP) is 2.46. The number of ether oxygens (including phenoxy) is 1. The Morgan fingerprint density at radius 3 is 2.29 bits per heavy atom. The van der Waals surface area contributed by atoms with E-state index in [9.17, 15) is 0 Å². The molecule has 0 amide bonds. The van der Waals surface area contributed by atoms with Crippen molar-refractivity contribution in [3.63, 3.8) is 0 Å². The molecular weight excluding hydrogens is 216 g/mol. The van der Waals surface area contributed by atoms with Gasteiger partial charge >= 0.3 is 0 Å². The van der Waals surface area contributed by atoms with Crippen LogP contribution in [0.15, 0.2) is 12.4 Å². The van der Waals surface area contributed by atoms with E-state index in [2.05, 4.69) is 23.8 Å². The summed E-state index contributed by atoms with van der Waals surface area (Å²) in [6.45, 7) is 9.09. The van der Waals surface area contributed by atoms with Gasteiger partial charge in [0.1, 0.15) is 5.82 Å². The van der Waals surface area contributed by atoms with Crippen molar-refractivity contribution in [1.29, 1.82) is 0 Å². The molecule has 0 radical (unpaired) electrons. The second-order valence-corrected chi connectivity index (χ2v) is 3.84. The lowest BCUT2D eigenvalue weighted by Crippen LogP contribution is -2.03. The third-order valence-corrected chi connectivity index (χ3v) is 1.98. The van der Waals surface area contributed by atoms with E-state index in [-0.39, 0.29) is 6.61 Å². The summed E-state index contributed by atoms with van der Waals surface area (Å²) in [5.41, 5.74) is 0. The zero-order valence-electron chi connectivity index (χ0n) is 11.3. The number of aliphatic hydroxyl groups excluding tert-OH is 1. The Bertz CT molecular complexity index is 273. The van der Waals surface area contributed by atoms with Crippen LogP contribution in [0.5, 0.6) is 5.75 Å². The van der Waals surface area contributed by atoms with E-state index in [1.54, 1.807) is 12.4 Å². The third kappa shape index (κ3) is 7.69. The SMILES string of the molecule is CC.CC(C)CCOc1cnc(CCO)nc1. The molecule has 1 aromatic heterocycles. The lowest BCUT2D eigenvalue weighted by atomic mass is 10.1. The van der Waals surface area contributed by atoms with Crippen LogP contribution in [0.25, 0.3) is 0 Å². The Labute approximate surface area is 104 Å². The molecule has 1 heterocycles. The summed E-state index contributed by atoms with van der Waals surface area (Å²) < 4.78 is 5.46. The molecular formula is C13H24N2O2. The van der Waals surface area contributed by atoms with E-state index >= 15 is 0 Å². The highest BCUT2D eigenvalue weighted by atomic mass is 16.5. The molecule has 4 nitrogen and oxygen atoms in total. The molecule has 0 saturated heterocycles. The lowest BCUT2D eigenvalue weighted by Gasteiger charge is -2.07. The van der Waals surface area contributed by atoms with Crippen LogP contribution in [0.2, 0.25) is 0 Å². The molecule has 4 heteroatoms. The Morgan fingerprint density at radius 2 is 1.82 bits per heavy atom. The highest BCUT2D eigenvalue weighted by Gasteiger charge is 1.99. The highest BCUT2D eigenvalue weighted by molar-refractivity contribution is 5.12. The molecule has 0 unspecified atom stereocenters. The fourth-order valence-electron chi connectivity index (χ4n) is 1.06. The van der Waals surface area contributed by atoms with E-state index in [0.29, 0.717) is 30.5 Å². The molecule has 0 aliphatic carbocycles. The molecule has 0 aromatic carbocycles. The summed E-state index contributed by atoms with van der Waals surface area (Å²) in [6, 6.07) is 0. The van der Waals surface area contributed by atoms with Gasteiger partial charge in [-0.1, -0.05) is 27.7 Å². The second kappa shape index (κ2) is 10.0. The van der Waals surface area contributed by atoms with Gasteiger partial charge in [-0.3, -0.25) is 0 Å². The normalized spacial score (nSPS) is 9.76. The smallest absolute Gasteiger partial charge is 0.155 e. The summed E-state index contributed by atoms with van der Waals surface area (Å²) in [6.07, 6.45) is 4.82. The van der Waals surface area contributed by atoms with Crippen LogP contribution < -0.4 is 4.74 Å². The van der Waals surface area contributed by atoms with Crippen LogP contribution in [0.4, 0.5) is 0 Å². The monoisotopic (exact) mass is 240 g/mol. The molecule has 0 spiro atoms. The summed E-state index contributed by atoms with van der Waals surface area (Å²) in [5, 5.41) is 8.68. The summed E-state index contributed by atoms with van der Waals surface area (Å²) >= 11 is 0. The Morgan fingerprint density at radius 1 is 1.24 bits per heavy atom. The van der Waals surface area contributed by atoms with Gasteiger partial charge in [-0.25, -0.2) is 9.97 Å². The van der Waals surface area contributed by atoms with Gasteiger partial charge in [0.2, 0.25) is 0 Å². The fraction of sp³-hybridized carbons (Fsp3) is 0.692. The number of hydrogen-bond acceptors (Lipinski definition) is 4. The van der Waals surface area contributed by atoms with Crippen molar-refractivity contribution in [2.75, 3.05) is 13.2 Å². The minimum atomic E-state index is 0.0769. The van der Waals surface area contributed by atoms with Gasteiger partial charge in [-0.15, -0.1) is 0 Å². The average molecular weight is 240 g/mol. The van der Waals surface area contributed by atoms with Gasteiger partial charge in [0.15, 0.2) is 5.75 Å². The molecule has 17 heavy (non-hydrogen) atoms. The van der Waals surface area contributed by atoms with Gasteiger partial charge in [0.05, 0.1) is 25.6 Å². The quantitative estimate of drug-likeness (QED) is 0.830. The van der Waals surface area contributed by atoms with Crippen LogP contribution in [-0.4, -0.2) is 28.3 Å². The number of aliphatic hydroxyl groups is 1. The van der Waals surface area contributed by atoms with Gasteiger partial charge in [0.25, 0.3) is 0 Å². The predicted molar refractivity (Wildman–Crippen MR) is 69.1 cm³/mol. The zero-order chi connectivity index (χ0) is 13.1. The molecule has 0 bridgehead atoms. The molecule has 1 N–H and O–H groups in total. The van der Waals surface area contributed by atoms with Crippen molar-refractivity contribution in [2.24, 2.45) is 5.92 Å². The van der Waals surface area contributed by atoms with Crippen molar-refractivity contribution >= 4 is 0 Å². The van der Waals surface area contributed by atoms with Crippen LogP contribution in [-0.2, 0) is 6.42 Å². The molecule has 0 saturated carbocycles. The minimum absolute atomic E-state index is 0.0769. The first-order valence-corrected chi connectivity index (χ1v) is 6.27. The standard InChI is InChI=1S/C11H18N2O2.C2H6/c1-9(2)4-6-15-10-7-12-11(3-5-14)13-8-10;1-2/h7-9,14H,3-6H2,1-2H3;1-2H3. The maximum Gasteiger partial charge on any atom is 0.155 e. The second-order valence-electron chi connectivity index (χ2n) is 3.84. The molecule has 98 valence electrons. The van der Waals surface area contributed by atoms with Gasteiger partial charge < -0.3 is 9.84 Å². The lowest BCUT2D eigenvalue weighted by molar-refractivity contribution is 0.284. The van der Waals surface area contributed by atoms with Gasteiger partial charge in [-0.05, 0) is 12.3 Å². The number of rotatable bonds is 6. The maximum absolute atomic E-state index is 8.68. The van der Waals surface area contributed by atoms with Crippen LogP contribution in [0.3, 0.4) is 0 Å². The molecule has 0 aliphatic rings. The van der Waals surface area contributed by atoms with Crippen LogP contribution in [0.1, 0.15) is 39.9 Å². The maximum atomic E-state index is 8.68. The number of hydrogen-bond donors (Lipinski definition) is 1. The first-order chi connectivity index (χ1) is 8.22. The van der Waals surface area contributed by atoms with E-state index < -0.39 is 0 Å². The topological polar surface area (TPSA) is 55.2 Å². The zero-order valence-corrected chi connectivity index (χ0v) is 11.3. The van der Waals surface area contributed by atoms with Crippen molar-refractivity contribution < 1.29 is 9.84 Å². The third-order valence-electron chi connectivity index (χ3n) is 1.98. The van der Waals surface area contributed by atoms with Crippen molar-refractivity contribution in [3.8, 4) is 5.75 Å². The fourth-order valence-corrected chi connectivity index (χ4v) is 1.06. The minimum Gasteiger partial charge on any atom is -0.490 e. The molecule has 0 fully saturated rings. The summed E-state index contributed by atoms with van der Waals surface area (Å²) in [5.74, 6) is 1.98. The van der Waals surface area contributed by atoms with E-state index in [1.165, 1.54) is 0 Å². The first kappa shape index (κ1) is 15.8. The Hall–Kier alpha value is -1.16. The highest BCUT2D eigenvalue weighted by Crippen LogP contribution is 2.08. The van der Waals surface area contributed by atoms with Gasteiger partial charge in [0, 0.05) is 6.42 Å². The Balaban J connectivity index is 0.00000121.